The molecule has 156 valence electrons. The number of hydrogen-bond acceptors (Lipinski definition) is 6. The van der Waals surface area contributed by atoms with E-state index in [-0.39, 0.29) is 5.91 Å². The van der Waals surface area contributed by atoms with Crippen molar-refractivity contribution in [3.05, 3.63) is 47.7 Å². The second-order valence-electron chi connectivity index (χ2n) is 7.02. The van der Waals surface area contributed by atoms with E-state index in [4.69, 9.17) is 9.47 Å². The smallest absolute Gasteiger partial charge is 0.252 e. The minimum atomic E-state index is -0.111. The first-order valence-corrected chi connectivity index (χ1v) is 10.1. The molecule has 1 aromatic carbocycles. The fourth-order valence-corrected chi connectivity index (χ4v) is 3.46. The molecule has 0 radical (unpaired) electrons. The molecule has 1 saturated heterocycles. The molecule has 3 rings (SSSR count). The zero-order chi connectivity index (χ0) is 20.6. The lowest BCUT2D eigenvalue weighted by Crippen LogP contribution is -2.46. The third kappa shape index (κ3) is 5.38. The molecule has 0 spiro atoms. The molecule has 0 unspecified atom stereocenters. The van der Waals surface area contributed by atoms with E-state index >= 15 is 0 Å². The second-order valence-corrected chi connectivity index (χ2v) is 7.02. The molecule has 2 aromatic rings. The van der Waals surface area contributed by atoms with Gasteiger partial charge in [-0.2, -0.15) is 0 Å². The minimum Gasteiger partial charge on any atom is -0.493 e. The number of nitrogens with zero attached hydrogens (tertiary/aromatic N) is 3. The average molecular weight is 399 g/mol. The van der Waals surface area contributed by atoms with Crippen molar-refractivity contribution >= 4 is 11.7 Å². The molecule has 0 aliphatic carbocycles. The Morgan fingerprint density at radius 3 is 2.45 bits per heavy atom. The lowest BCUT2D eigenvalue weighted by molar-refractivity contribution is 0.0954. The molecule has 1 aliphatic heterocycles. The van der Waals surface area contributed by atoms with E-state index in [0.29, 0.717) is 30.0 Å². The number of methoxy groups -OCH3 is 2. The normalized spacial score (nSPS) is 14.5. The summed E-state index contributed by atoms with van der Waals surface area (Å²) >= 11 is 0. The highest BCUT2D eigenvalue weighted by atomic mass is 16.5. The monoisotopic (exact) mass is 398 g/mol. The van der Waals surface area contributed by atoms with Gasteiger partial charge in [-0.15, -0.1) is 0 Å². The fraction of sp³-hybridized carbons (Fsp3) is 0.455. The van der Waals surface area contributed by atoms with Crippen LogP contribution in [0.5, 0.6) is 11.5 Å². The first kappa shape index (κ1) is 20.9. The Balaban J connectivity index is 1.50. The number of piperazine rings is 1. The van der Waals surface area contributed by atoms with Crippen LogP contribution in [0.4, 0.5) is 5.82 Å². The number of carbonyl (C=O) groups is 1. The van der Waals surface area contributed by atoms with Crippen LogP contribution >= 0.6 is 0 Å². The number of aromatic nitrogens is 1. The number of hydrogen-bond donors (Lipinski definition) is 1. The van der Waals surface area contributed by atoms with E-state index in [1.165, 1.54) is 0 Å². The highest BCUT2D eigenvalue weighted by molar-refractivity contribution is 5.94. The molecule has 1 aliphatic rings. The summed E-state index contributed by atoms with van der Waals surface area (Å²) < 4.78 is 10.6. The Kier molecular flexibility index (Phi) is 7.30. The van der Waals surface area contributed by atoms with Gasteiger partial charge in [-0.25, -0.2) is 4.98 Å². The molecule has 1 N–H and O–H groups in total. The Morgan fingerprint density at radius 1 is 1.07 bits per heavy atom. The van der Waals surface area contributed by atoms with Crippen molar-refractivity contribution in [1.82, 2.24) is 15.2 Å². The van der Waals surface area contributed by atoms with Gasteiger partial charge in [0, 0.05) is 38.9 Å². The third-order valence-corrected chi connectivity index (χ3v) is 5.30. The number of likely N-dealkylation sites (N-methyl/N-ethyl adjacent to an activating group) is 1. The second kappa shape index (κ2) is 10.1. The maximum Gasteiger partial charge on any atom is 0.252 e. The molecule has 2 heterocycles. The van der Waals surface area contributed by atoms with Crippen molar-refractivity contribution in [3.8, 4) is 11.5 Å². The largest absolute Gasteiger partial charge is 0.493 e. The van der Waals surface area contributed by atoms with Gasteiger partial charge in [0.05, 0.1) is 19.8 Å². The molecule has 0 bridgehead atoms. The van der Waals surface area contributed by atoms with E-state index in [2.05, 4.69) is 27.0 Å². The van der Waals surface area contributed by atoms with E-state index in [1.54, 1.807) is 20.4 Å². The minimum absolute atomic E-state index is 0.111. The van der Waals surface area contributed by atoms with Gasteiger partial charge < -0.3 is 24.6 Å². The van der Waals surface area contributed by atoms with E-state index in [0.717, 1.165) is 44.1 Å². The fourth-order valence-electron chi connectivity index (χ4n) is 3.46. The number of nitrogens with one attached hydrogen (secondary N) is 1. The molecular formula is C22H30N4O3. The van der Waals surface area contributed by atoms with Crippen LogP contribution in [0.15, 0.2) is 36.5 Å². The summed E-state index contributed by atoms with van der Waals surface area (Å²) in [6.45, 7) is 7.85. The van der Waals surface area contributed by atoms with Crippen LogP contribution in [-0.2, 0) is 6.42 Å². The van der Waals surface area contributed by atoms with Crippen LogP contribution < -0.4 is 19.7 Å². The summed E-state index contributed by atoms with van der Waals surface area (Å²) in [6.07, 6.45) is 2.37. The van der Waals surface area contributed by atoms with Gasteiger partial charge in [0.2, 0.25) is 0 Å². The Bertz CT molecular complexity index is 802. The highest BCUT2D eigenvalue weighted by Gasteiger charge is 2.17. The van der Waals surface area contributed by atoms with Gasteiger partial charge in [0.15, 0.2) is 11.5 Å². The molecule has 1 fully saturated rings. The number of carbonyl (C=O) groups excluding carboxylic acids is 1. The van der Waals surface area contributed by atoms with E-state index in [1.807, 2.05) is 30.3 Å². The van der Waals surface area contributed by atoms with Crippen LogP contribution in [0, 0.1) is 0 Å². The summed E-state index contributed by atoms with van der Waals surface area (Å²) in [4.78, 5) is 21.6. The average Bonchev–Trinajstić information content (AvgIpc) is 2.79. The van der Waals surface area contributed by atoms with Crippen molar-refractivity contribution < 1.29 is 14.3 Å². The lowest BCUT2D eigenvalue weighted by atomic mass is 10.1. The number of pyridine rings is 1. The van der Waals surface area contributed by atoms with E-state index < -0.39 is 0 Å². The Labute approximate surface area is 172 Å². The summed E-state index contributed by atoms with van der Waals surface area (Å²) in [6, 6.07) is 9.56. The van der Waals surface area contributed by atoms with Crippen LogP contribution in [0.2, 0.25) is 0 Å². The van der Waals surface area contributed by atoms with Gasteiger partial charge >= 0.3 is 0 Å². The molecule has 7 heteroatoms. The quantitative estimate of drug-likeness (QED) is 0.736. The van der Waals surface area contributed by atoms with Gasteiger partial charge in [0.1, 0.15) is 5.82 Å². The number of rotatable bonds is 8. The summed E-state index contributed by atoms with van der Waals surface area (Å²) in [7, 11) is 3.23. The topological polar surface area (TPSA) is 66.9 Å². The van der Waals surface area contributed by atoms with Crippen molar-refractivity contribution in [2.75, 3.05) is 58.4 Å². The highest BCUT2D eigenvalue weighted by Crippen LogP contribution is 2.27. The maximum atomic E-state index is 12.4. The van der Waals surface area contributed by atoms with Crippen molar-refractivity contribution in [2.24, 2.45) is 0 Å². The zero-order valence-corrected chi connectivity index (χ0v) is 17.5. The molecular weight excluding hydrogens is 368 g/mol. The Morgan fingerprint density at radius 2 is 1.83 bits per heavy atom. The van der Waals surface area contributed by atoms with E-state index in [9.17, 15) is 4.79 Å². The van der Waals surface area contributed by atoms with Crippen LogP contribution in [-0.4, -0.2) is 69.3 Å². The van der Waals surface area contributed by atoms with Gasteiger partial charge in [-0.05, 0) is 42.8 Å². The molecule has 1 amide bonds. The maximum absolute atomic E-state index is 12.4. The number of benzene rings is 1. The van der Waals surface area contributed by atoms with Crippen molar-refractivity contribution in [3.63, 3.8) is 0 Å². The number of anilines is 1. The standard InChI is InChI=1S/C22H30N4O3/c1-4-25-11-13-26(14-12-25)21-8-6-18(16-24-21)22(27)23-10-9-17-5-7-19(28-2)20(15-17)29-3/h5-8,15-16H,4,9-14H2,1-3H3,(H,23,27). The van der Waals surface area contributed by atoms with Gasteiger partial charge in [-0.1, -0.05) is 13.0 Å². The summed E-state index contributed by atoms with van der Waals surface area (Å²) in [5.41, 5.74) is 1.65. The Hall–Kier alpha value is -2.80. The number of amides is 1. The van der Waals surface area contributed by atoms with Crippen molar-refractivity contribution in [1.29, 1.82) is 0 Å². The molecule has 29 heavy (non-hydrogen) atoms. The summed E-state index contributed by atoms with van der Waals surface area (Å²) in [5, 5.41) is 2.95. The van der Waals surface area contributed by atoms with Crippen LogP contribution in [0.25, 0.3) is 0 Å². The molecule has 1 aromatic heterocycles. The SMILES string of the molecule is CCN1CCN(c2ccc(C(=O)NCCc3ccc(OC)c(OC)c3)cn2)CC1. The molecule has 0 saturated carbocycles. The van der Waals surface area contributed by atoms with Crippen LogP contribution in [0.3, 0.4) is 0 Å². The third-order valence-electron chi connectivity index (χ3n) is 5.30. The zero-order valence-electron chi connectivity index (χ0n) is 17.5. The van der Waals surface area contributed by atoms with Gasteiger partial charge in [-0.3, -0.25) is 4.79 Å². The first-order valence-electron chi connectivity index (χ1n) is 10.1. The predicted octanol–water partition coefficient (Wildman–Crippen LogP) is 2.21. The predicted molar refractivity (Wildman–Crippen MR) is 114 cm³/mol. The van der Waals surface area contributed by atoms with Gasteiger partial charge in [0.25, 0.3) is 5.91 Å². The van der Waals surface area contributed by atoms with Crippen molar-refractivity contribution in [2.45, 2.75) is 13.3 Å². The summed E-state index contributed by atoms with van der Waals surface area (Å²) in [5.74, 6) is 2.21. The number of ether oxygens (including phenoxy) is 2. The molecule has 7 nitrogen and oxygen atoms in total. The van der Waals surface area contributed by atoms with Crippen LogP contribution in [0.1, 0.15) is 22.8 Å². The molecule has 0 atom stereocenters. The first-order chi connectivity index (χ1) is 14.1. The lowest BCUT2D eigenvalue weighted by Gasteiger charge is -2.34.